The Balaban J connectivity index is 1.10. The van der Waals surface area contributed by atoms with Gasteiger partial charge in [-0.15, -0.1) is 0 Å². The molecular formula is C31H56O5. The summed E-state index contributed by atoms with van der Waals surface area (Å²) in [6.07, 6.45) is 22.9. The Morgan fingerprint density at radius 1 is 0.722 bits per heavy atom. The summed E-state index contributed by atoms with van der Waals surface area (Å²) >= 11 is 0. The number of hydrogen-bond donors (Lipinski definition) is 0. The summed E-state index contributed by atoms with van der Waals surface area (Å²) in [5.41, 5.74) is -0.484. The minimum Gasteiger partial charge on any atom is -0.352 e. The van der Waals surface area contributed by atoms with Crippen LogP contribution in [0.15, 0.2) is 0 Å². The van der Waals surface area contributed by atoms with Crippen molar-refractivity contribution in [3.8, 4) is 0 Å². The first-order valence-corrected chi connectivity index (χ1v) is 15.8. The molecule has 210 valence electrons. The van der Waals surface area contributed by atoms with Crippen LogP contribution in [0.1, 0.15) is 143 Å². The molecule has 5 rings (SSSR count). The molecule has 36 heavy (non-hydrogen) atoms. The van der Waals surface area contributed by atoms with Gasteiger partial charge in [-0.3, -0.25) is 0 Å². The summed E-state index contributed by atoms with van der Waals surface area (Å²) in [4.78, 5) is 12.1. The number of fused-ring (bicyclic) bond motifs is 2. The standard InChI is InChI=1S/C31H56O5/c1-5-6-7-8-9-10-11-12-13-14-15-16-17-18-23-32-28-25(3)27-20-19-24(2)26-21-22-30(4)34-29(33-28)31(26,27)36-35-30/h24-29H,5-23H2,1-4H3/t24-,25-,26+,27+,28?,29-,30-,31-/m1/s1. The van der Waals surface area contributed by atoms with E-state index in [1.54, 1.807) is 0 Å². The quantitative estimate of drug-likeness (QED) is 0.154. The first-order valence-electron chi connectivity index (χ1n) is 15.8. The molecule has 1 spiro atoms. The molecule has 2 bridgehead atoms. The van der Waals surface area contributed by atoms with Crippen LogP contribution in [-0.4, -0.2) is 30.6 Å². The van der Waals surface area contributed by atoms with Crippen LogP contribution in [0.2, 0.25) is 0 Å². The summed E-state index contributed by atoms with van der Waals surface area (Å²) in [6, 6.07) is 0. The van der Waals surface area contributed by atoms with Crippen LogP contribution in [0.4, 0.5) is 0 Å². The average Bonchev–Trinajstić information content (AvgIpc) is 3.10. The van der Waals surface area contributed by atoms with Gasteiger partial charge in [-0.25, -0.2) is 9.78 Å². The Kier molecular flexibility index (Phi) is 11.0. The second-order valence-electron chi connectivity index (χ2n) is 12.7. The number of ether oxygens (including phenoxy) is 3. The zero-order valence-electron chi connectivity index (χ0n) is 23.9. The molecule has 5 heteroatoms. The molecule has 1 aliphatic carbocycles. The van der Waals surface area contributed by atoms with E-state index in [0.29, 0.717) is 17.8 Å². The Hall–Kier alpha value is -0.200. The summed E-state index contributed by atoms with van der Waals surface area (Å²) in [7, 11) is 0. The van der Waals surface area contributed by atoms with E-state index in [4.69, 9.17) is 24.0 Å². The van der Waals surface area contributed by atoms with E-state index in [9.17, 15) is 0 Å². The normalized spacial score (nSPS) is 39.7. The van der Waals surface area contributed by atoms with Gasteiger partial charge in [0.2, 0.25) is 5.79 Å². The Morgan fingerprint density at radius 3 is 1.97 bits per heavy atom. The van der Waals surface area contributed by atoms with Gasteiger partial charge >= 0.3 is 0 Å². The summed E-state index contributed by atoms with van der Waals surface area (Å²) in [5, 5.41) is 0. The van der Waals surface area contributed by atoms with E-state index in [1.807, 2.05) is 6.92 Å². The highest BCUT2D eigenvalue weighted by Crippen LogP contribution is 2.60. The lowest BCUT2D eigenvalue weighted by atomic mass is 9.58. The van der Waals surface area contributed by atoms with Gasteiger partial charge in [-0.05, 0) is 44.4 Å². The smallest absolute Gasteiger partial charge is 0.201 e. The molecule has 4 saturated heterocycles. The van der Waals surface area contributed by atoms with Gasteiger partial charge < -0.3 is 14.2 Å². The molecule has 4 aliphatic heterocycles. The molecule has 1 saturated carbocycles. The predicted octanol–water partition coefficient (Wildman–Crippen LogP) is 8.69. The third kappa shape index (κ3) is 6.68. The largest absolute Gasteiger partial charge is 0.352 e. The molecule has 0 aromatic carbocycles. The van der Waals surface area contributed by atoms with Crippen molar-refractivity contribution in [2.75, 3.05) is 6.61 Å². The lowest BCUT2D eigenvalue weighted by Gasteiger charge is -2.60. The van der Waals surface area contributed by atoms with Crippen LogP contribution in [0.3, 0.4) is 0 Å². The van der Waals surface area contributed by atoms with Crippen molar-refractivity contribution in [2.24, 2.45) is 23.7 Å². The fourth-order valence-electron chi connectivity index (χ4n) is 7.56. The Labute approximate surface area is 221 Å². The molecule has 5 aliphatic rings. The van der Waals surface area contributed by atoms with Gasteiger partial charge in [-0.2, -0.15) is 0 Å². The van der Waals surface area contributed by atoms with Gasteiger partial charge in [0.1, 0.15) is 0 Å². The van der Waals surface area contributed by atoms with Gasteiger partial charge in [0.15, 0.2) is 18.2 Å². The van der Waals surface area contributed by atoms with Crippen LogP contribution in [-0.2, 0) is 24.0 Å². The molecule has 0 radical (unpaired) electrons. The highest BCUT2D eigenvalue weighted by Gasteiger charge is 2.69. The van der Waals surface area contributed by atoms with E-state index in [-0.39, 0.29) is 12.2 Å². The van der Waals surface area contributed by atoms with Crippen molar-refractivity contribution < 1.29 is 24.0 Å². The van der Waals surface area contributed by atoms with Crippen LogP contribution < -0.4 is 0 Å². The molecule has 4 heterocycles. The van der Waals surface area contributed by atoms with Gasteiger partial charge in [0.05, 0.1) is 0 Å². The first kappa shape index (κ1) is 28.8. The van der Waals surface area contributed by atoms with Crippen molar-refractivity contribution in [1.82, 2.24) is 0 Å². The minimum absolute atomic E-state index is 0.215. The SMILES string of the molecule is CCCCCCCCCCCCCCCCOC1O[C@@H]2O[C@@]3(C)CC[C@H]4[C@H](C)CC[C@@H]([C@H]1C)[C@@]24OO3. The third-order valence-corrected chi connectivity index (χ3v) is 9.88. The van der Waals surface area contributed by atoms with Crippen LogP contribution in [0.5, 0.6) is 0 Å². The second-order valence-corrected chi connectivity index (χ2v) is 12.7. The minimum atomic E-state index is -0.711. The van der Waals surface area contributed by atoms with Crippen molar-refractivity contribution >= 4 is 0 Å². The van der Waals surface area contributed by atoms with Crippen LogP contribution >= 0.6 is 0 Å². The van der Waals surface area contributed by atoms with Crippen LogP contribution in [0.25, 0.3) is 0 Å². The third-order valence-electron chi connectivity index (χ3n) is 9.88. The zero-order chi connectivity index (χ0) is 25.4. The van der Waals surface area contributed by atoms with Gasteiger partial charge in [0.25, 0.3) is 0 Å². The number of unbranched alkanes of at least 4 members (excludes halogenated alkanes) is 13. The van der Waals surface area contributed by atoms with E-state index in [0.717, 1.165) is 32.3 Å². The lowest BCUT2D eigenvalue weighted by molar-refractivity contribution is -0.577. The summed E-state index contributed by atoms with van der Waals surface area (Å²) in [5.74, 6) is 0.927. The predicted molar refractivity (Wildman–Crippen MR) is 143 cm³/mol. The maximum absolute atomic E-state index is 6.53. The molecular weight excluding hydrogens is 452 g/mol. The topological polar surface area (TPSA) is 46.2 Å². The second kappa shape index (κ2) is 13.7. The molecule has 5 fully saturated rings. The number of hydrogen-bond acceptors (Lipinski definition) is 5. The van der Waals surface area contributed by atoms with Crippen molar-refractivity contribution in [3.05, 3.63) is 0 Å². The van der Waals surface area contributed by atoms with E-state index >= 15 is 0 Å². The van der Waals surface area contributed by atoms with Crippen LogP contribution in [0, 0.1) is 23.7 Å². The van der Waals surface area contributed by atoms with E-state index < -0.39 is 17.7 Å². The Morgan fingerprint density at radius 2 is 1.33 bits per heavy atom. The molecule has 0 aromatic heterocycles. The Bertz CT molecular complexity index is 642. The molecule has 0 amide bonds. The van der Waals surface area contributed by atoms with E-state index in [1.165, 1.54) is 89.9 Å². The zero-order valence-corrected chi connectivity index (χ0v) is 23.9. The van der Waals surface area contributed by atoms with Crippen molar-refractivity contribution in [1.29, 1.82) is 0 Å². The maximum Gasteiger partial charge on any atom is 0.201 e. The highest BCUT2D eigenvalue weighted by molar-refractivity contribution is 5.09. The monoisotopic (exact) mass is 508 g/mol. The average molecular weight is 509 g/mol. The number of rotatable bonds is 16. The van der Waals surface area contributed by atoms with Crippen molar-refractivity contribution in [2.45, 2.75) is 167 Å². The molecule has 8 atom stereocenters. The van der Waals surface area contributed by atoms with Gasteiger partial charge in [0, 0.05) is 24.9 Å². The molecule has 5 nitrogen and oxygen atoms in total. The maximum atomic E-state index is 6.53. The highest BCUT2D eigenvalue weighted by atomic mass is 17.3. The molecule has 0 aromatic rings. The van der Waals surface area contributed by atoms with E-state index in [2.05, 4.69) is 20.8 Å². The van der Waals surface area contributed by atoms with Gasteiger partial charge in [-0.1, -0.05) is 104 Å². The summed E-state index contributed by atoms with van der Waals surface area (Å²) in [6.45, 7) is 9.69. The fraction of sp³-hybridized carbons (Fsp3) is 1.00. The summed E-state index contributed by atoms with van der Waals surface area (Å²) < 4.78 is 19.3. The van der Waals surface area contributed by atoms with Crippen molar-refractivity contribution in [3.63, 3.8) is 0 Å². The molecule has 1 unspecified atom stereocenters. The molecule has 0 N–H and O–H groups in total. The fourth-order valence-corrected chi connectivity index (χ4v) is 7.56. The first-order chi connectivity index (χ1) is 17.5. The lowest BCUT2D eigenvalue weighted by Crippen LogP contribution is -2.70.